The molecule has 1 aliphatic carbocycles. The first-order valence-electron chi connectivity index (χ1n) is 5.92. The van der Waals surface area contributed by atoms with Gasteiger partial charge in [0, 0.05) is 26.2 Å². The van der Waals surface area contributed by atoms with Crippen LogP contribution >= 0.6 is 24.0 Å². The largest absolute Gasteiger partial charge is 0.379 e. The van der Waals surface area contributed by atoms with E-state index in [1.165, 1.54) is 5.70 Å². The van der Waals surface area contributed by atoms with Crippen molar-refractivity contribution >= 4 is 24.0 Å². The van der Waals surface area contributed by atoms with Crippen LogP contribution in [-0.2, 0) is 9.47 Å². The first kappa shape index (κ1) is 13.4. The summed E-state index contributed by atoms with van der Waals surface area (Å²) >= 11 is 6.30. The van der Waals surface area contributed by atoms with Gasteiger partial charge in [-0.15, -0.1) is 12.4 Å². The summed E-state index contributed by atoms with van der Waals surface area (Å²) in [6, 6.07) is 0.378. The standard InChI is InChI=1S/C11H17ClN2O2.ClH/c12-9-10(13-1-5-15-6-2-13)11(9)14-3-7-16-8-4-14;/h10H,1-8H2;1H. The van der Waals surface area contributed by atoms with E-state index < -0.39 is 0 Å². The van der Waals surface area contributed by atoms with Crippen molar-refractivity contribution in [1.82, 2.24) is 9.80 Å². The van der Waals surface area contributed by atoms with Gasteiger partial charge in [-0.1, -0.05) is 11.6 Å². The Kier molecular flexibility index (Phi) is 4.55. The molecule has 2 heterocycles. The van der Waals surface area contributed by atoms with Crippen LogP contribution in [0.3, 0.4) is 0 Å². The molecule has 0 aromatic rings. The van der Waals surface area contributed by atoms with Crippen LogP contribution < -0.4 is 0 Å². The Bertz CT molecular complexity index is 300. The molecule has 98 valence electrons. The predicted octanol–water partition coefficient (Wildman–Crippen LogP) is 0.905. The van der Waals surface area contributed by atoms with E-state index in [0.29, 0.717) is 6.04 Å². The molecule has 0 aromatic carbocycles. The second-order valence-electron chi connectivity index (χ2n) is 4.38. The van der Waals surface area contributed by atoms with Crippen LogP contribution in [0.1, 0.15) is 0 Å². The summed E-state index contributed by atoms with van der Waals surface area (Å²) in [4.78, 5) is 4.78. The molecular formula is C11H18Cl2N2O2. The van der Waals surface area contributed by atoms with E-state index in [1.54, 1.807) is 0 Å². The molecule has 0 radical (unpaired) electrons. The summed E-state index contributed by atoms with van der Waals surface area (Å²) in [5, 5.41) is 1.03. The average molecular weight is 281 g/mol. The third-order valence-electron chi connectivity index (χ3n) is 3.42. The number of ether oxygens (including phenoxy) is 2. The zero-order valence-electron chi connectivity index (χ0n) is 9.73. The molecule has 1 atom stereocenters. The van der Waals surface area contributed by atoms with Crippen LogP contribution in [0.2, 0.25) is 0 Å². The maximum atomic E-state index is 6.30. The van der Waals surface area contributed by atoms with Crippen LogP contribution in [0.15, 0.2) is 10.7 Å². The molecule has 2 aliphatic heterocycles. The van der Waals surface area contributed by atoms with E-state index in [4.69, 9.17) is 21.1 Å². The van der Waals surface area contributed by atoms with Gasteiger partial charge >= 0.3 is 0 Å². The molecule has 0 aromatic heterocycles. The van der Waals surface area contributed by atoms with Crippen molar-refractivity contribution in [2.24, 2.45) is 0 Å². The van der Waals surface area contributed by atoms with Crippen LogP contribution in [0, 0.1) is 0 Å². The predicted molar refractivity (Wildman–Crippen MR) is 68.7 cm³/mol. The summed E-state index contributed by atoms with van der Waals surface area (Å²) in [5.41, 5.74) is 1.33. The number of rotatable bonds is 2. The van der Waals surface area contributed by atoms with Gasteiger partial charge in [0.1, 0.15) is 0 Å². The average Bonchev–Trinajstić information content (AvgIpc) is 3.03. The lowest BCUT2D eigenvalue weighted by Crippen LogP contribution is -2.42. The minimum absolute atomic E-state index is 0. The van der Waals surface area contributed by atoms with Gasteiger partial charge in [-0.2, -0.15) is 0 Å². The lowest BCUT2D eigenvalue weighted by Gasteiger charge is -2.31. The number of nitrogens with zero attached hydrogens (tertiary/aromatic N) is 2. The second kappa shape index (κ2) is 5.76. The fourth-order valence-electron chi connectivity index (χ4n) is 2.47. The molecule has 0 amide bonds. The molecule has 4 nitrogen and oxygen atoms in total. The van der Waals surface area contributed by atoms with Gasteiger partial charge in [0.2, 0.25) is 0 Å². The van der Waals surface area contributed by atoms with E-state index in [-0.39, 0.29) is 12.4 Å². The highest BCUT2D eigenvalue weighted by atomic mass is 35.5. The normalized spacial score (nSPS) is 30.2. The molecule has 6 heteroatoms. The second-order valence-corrected chi connectivity index (χ2v) is 4.79. The van der Waals surface area contributed by atoms with Gasteiger partial charge in [0.15, 0.2) is 0 Å². The summed E-state index contributed by atoms with van der Waals surface area (Å²) in [7, 11) is 0. The fourth-order valence-corrected chi connectivity index (χ4v) is 2.88. The third-order valence-corrected chi connectivity index (χ3v) is 3.82. The maximum Gasteiger partial charge on any atom is 0.0892 e. The Labute approximate surface area is 113 Å². The molecule has 0 bridgehead atoms. The number of hydrogen-bond donors (Lipinski definition) is 0. The van der Waals surface area contributed by atoms with Crippen LogP contribution in [0.5, 0.6) is 0 Å². The van der Waals surface area contributed by atoms with Crippen molar-refractivity contribution < 1.29 is 9.47 Å². The van der Waals surface area contributed by atoms with Crippen molar-refractivity contribution in [3.63, 3.8) is 0 Å². The molecule has 2 saturated heterocycles. The Hall–Kier alpha value is -0.0000000000000000694. The quantitative estimate of drug-likeness (QED) is 0.751. The molecule has 1 unspecified atom stereocenters. The molecule has 2 fully saturated rings. The molecule has 3 rings (SSSR count). The van der Waals surface area contributed by atoms with Gasteiger partial charge < -0.3 is 14.4 Å². The molecule has 0 N–H and O–H groups in total. The SMILES string of the molecule is Cl.ClC1=C(N2CCOCC2)C1N1CCOCC1. The fraction of sp³-hybridized carbons (Fsp3) is 0.818. The third kappa shape index (κ3) is 2.71. The van der Waals surface area contributed by atoms with Gasteiger partial charge in [-0.25, -0.2) is 0 Å². The first-order chi connectivity index (χ1) is 7.88. The van der Waals surface area contributed by atoms with Gasteiger partial charge in [-0.3, -0.25) is 4.90 Å². The Morgan fingerprint density at radius 1 is 0.941 bits per heavy atom. The highest BCUT2D eigenvalue weighted by Crippen LogP contribution is 2.42. The van der Waals surface area contributed by atoms with E-state index in [0.717, 1.165) is 57.6 Å². The van der Waals surface area contributed by atoms with Crippen LogP contribution in [0.25, 0.3) is 0 Å². The van der Waals surface area contributed by atoms with Gasteiger partial charge in [0.25, 0.3) is 0 Å². The lowest BCUT2D eigenvalue weighted by molar-refractivity contribution is 0.0266. The van der Waals surface area contributed by atoms with Crippen LogP contribution in [0.4, 0.5) is 0 Å². The van der Waals surface area contributed by atoms with E-state index in [9.17, 15) is 0 Å². The summed E-state index contributed by atoms with van der Waals surface area (Å²) in [5.74, 6) is 0. The highest BCUT2D eigenvalue weighted by Gasteiger charge is 2.44. The Morgan fingerprint density at radius 3 is 2.06 bits per heavy atom. The van der Waals surface area contributed by atoms with Crippen molar-refractivity contribution in [1.29, 1.82) is 0 Å². The summed E-state index contributed by atoms with van der Waals surface area (Å²) < 4.78 is 10.7. The maximum absolute atomic E-state index is 6.30. The van der Waals surface area contributed by atoms with Crippen molar-refractivity contribution in [2.75, 3.05) is 52.6 Å². The number of hydrogen-bond acceptors (Lipinski definition) is 4. The van der Waals surface area contributed by atoms with Gasteiger partial charge in [-0.05, 0) is 0 Å². The van der Waals surface area contributed by atoms with E-state index >= 15 is 0 Å². The Balaban J connectivity index is 0.00000108. The summed E-state index contributed by atoms with van der Waals surface area (Å²) in [6.45, 7) is 7.25. The Morgan fingerprint density at radius 2 is 1.47 bits per heavy atom. The van der Waals surface area contributed by atoms with Crippen molar-refractivity contribution in [3.05, 3.63) is 10.7 Å². The highest BCUT2D eigenvalue weighted by molar-refractivity contribution is 6.34. The zero-order valence-corrected chi connectivity index (χ0v) is 11.3. The molecule has 0 saturated carbocycles. The smallest absolute Gasteiger partial charge is 0.0892 e. The first-order valence-corrected chi connectivity index (χ1v) is 6.30. The molecule has 17 heavy (non-hydrogen) atoms. The zero-order chi connectivity index (χ0) is 11.0. The molecule has 3 aliphatic rings. The molecule has 0 spiro atoms. The minimum Gasteiger partial charge on any atom is -0.379 e. The van der Waals surface area contributed by atoms with E-state index in [1.807, 2.05) is 0 Å². The van der Waals surface area contributed by atoms with Crippen molar-refractivity contribution in [2.45, 2.75) is 6.04 Å². The number of halogens is 2. The molecular weight excluding hydrogens is 263 g/mol. The van der Waals surface area contributed by atoms with Gasteiger partial charge in [0.05, 0.1) is 43.2 Å². The van der Waals surface area contributed by atoms with Crippen molar-refractivity contribution in [3.8, 4) is 0 Å². The van der Waals surface area contributed by atoms with Crippen LogP contribution in [-0.4, -0.2) is 68.4 Å². The van der Waals surface area contributed by atoms with E-state index in [2.05, 4.69) is 9.80 Å². The lowest BCUT2D eigenvalue weighted by atomic mass is 10.3. The number of morpholine rings is 2. The summed E-state index contributed by atoms with van der Waals surface area (Å²) in [6.07, 6.45) is 0. The minimum atomic E-state index is 0. The topological polar surface area (TPSA) is 24.9 Å². The monoisotopic (exact) mass is 280 g/mol.